The highest BCUT2D eigenvalue weighted by atomic mass is 32.2. The van der Waals surface area contributed by atoms with Crippen molar-refractivity contribution in [1.82, 2.24) is 9.21 Å². The van der Waals surface area contributed by atoms with Gasteiger partial charge >= 0.3 is 0 Å². The molecule has 3 rings (SSSR count). The summed E-state index contributed by atoms with van der Waals surface area (Å²) in [5.74, 6) is -0.527. The molecule has 0 radical (unpaired) electrons. The molecular weight excluding hydrogens is 394 g/mol. The number of nitrogens with one attached hydrogen (secondary N) is 1. The van der Waals surface area contributed by atoms with Gasteiger partial charge < -0.3 is 15.0 Å². The van der Waals surface area contributed by atoms with Gasteiger partial charge in [0.2, 0.25) is 21.8 Å². The Kier molecular flexibility index (Phi) is 6.48. The minimum absolute atomic E-state index is 0.0387. The second-order valence-electron chi connectivity index (χ2n) is 7.86. The molecule has 2 aliphatic heterocycles. The first kappa shape index (κ1) is 21.6. The Labute approximate surface area is 172 Å². The molecule has 0 spiro atoms. The number of nitrogens with zero attached hydrogens (tertiary/aromatic N) is 2. The summed E-state index contributed by atoms with van der Waals surface area (Å²) in [7, 11) is -2.29. The second-order valence-corrected chi connectivity index (χ2v) is 9.77. The molecule has 9 heteroatoms. The molecule has 0 bridgehead atoms. The largest absolute Gasteiger partial charge is 0.495 e. The van der Waals surface area contributed by atoms with E-state index in [1.807, 2.05) is 13.8 Å². The first-order valence-corrected chi connectivity index (χ1v) is 11.5. The average molecular weight is 424 g/mol. The summed E-state index contributed by atoms with van der Waals surface area (Å²) in [6, 6.07) is 4.65. The molecule has 1 aromatic carbocycles. The first-order valence-electron chi connectivity index (χ1n) is 10.0. The van der Waals surface area contributed by atoms with E-state index in [1.54, 1.807) is 17.0 Å². The third-order valence-electron chi connectivity index (χ3n) is 5.52. The molecule has 0 aliphatic carbocycles. The minimum Gasteiger partial charge on any atom is -0.495 e. The van der Waals surface area contributed by atoms with Crippen molar-refractivity contribution in [3.8, 4) is 5.75 Å². The zero-order valence-corrected chi connectivity index (χ0v) is 18.0. The van der Waals surface area contributed by atoms with Crippen LogP contribution in [0.3, 0.4) is 0 Å². The van der Waals surface area contributed by atoms with Crippen LogP contribution in [0.25, 0.3) is 0 Å². The fourth-order valence-electron chi connectivity index (χ4n) is 3.85. The first-order chi connectivity index (χ1) is 13.7. The van der Waals surface area contributed by atoms with Crippen molar-refractivity contribution in [2.75, 3.05) is 32.1 Å². The van der Waals surface area contributed by atoms with Crippen molar-refractivity contribution >= 4 is 27.5 Å². The quantitative estimate of drug-likeness (QED) is 0.756. The molecule has 0 unspecified atom stereocenters. The maximum Gasteiger partial charge on any atom is 0.246 e. The van der Waals surface area contributed by atoms with Crippen LogP contribution in [0.1, 0.15) is 39.5 Å². The van der Waals surface area contributed by atoms with E-state index in [0.29, 0.717) is 25.3 Å². The lowest BCUT2D eigenvalue weighted by Gasteiger charge is -2.26. The van der Waals surface area contributed by atoms with Crippen molar-refractivity contribution in [3.05, 3.63) is 18.2 Å². The van der Waals surface area contributed by atoms with Crippen molar-refractivity contribution in [2.24, 2.45) is 5.92 Å². The second kappa shape index (κ2) is 8.71. The minimum atomic E-state index is -3.72. The molecule has 2 amide bonds. The van der Waals surface area contributed by atoms with Crippen LogP contribution in [0.4, 0.5) is 5.69 Å². The standard InChI is InChI=1S/C20H29N3O5S/c1-14(2)23-13-15(11-19(23)24)20(25)21-16-7-8-17(28-3)18(12-16)29(26,27)22-9-5-4-6-10-22/h7-8,12,14-15H,4-6,9-11,13H2,1-3H3,(H,21,25)/t15-/m0/s1. The molecule has 0 saturated carbocycles. The lowest BCUT2D eigenvalue weighted by molar-refractivity contribution is -0.129. The van der Waals surface area contributed by atoms with Gasteiger partial charge in [-0.3, -0.25) is 9.59 Å². The highest BCUT2D eigenvalue weighted by Gasteiger charge is 2.36. The van der Waals surface area contributed by atoms with E-state index in [9.17, 15) is 18.0 Å². The number of benzene rings is 1. The SMILES string of the molecule is COc1ccc(NC(=O)[C@H]2CC(=O)N(C(C)C)C2)cc1S(=O)(=O)N1CCCCC1. The molecule has 8 nitrogen and oxygen atoms in total. The molecule has 2 saturated heterocycles. The highest BCUT2D eigenvalue weighted by molar-refractivity contribution is 7.89. The van der Waals surface area contributed by atoms with E-state index in [0.717, 1.165) is 19.3 Å². The molecule has 1 aromatic rings. The summed E-state index contributed by atoms with van der Waals surface area (Å²) in [4.78, 5) is 26.5. The summed E-state index contributed by atoms with van der Waals surface area (Å²) in [5.41, 5.74) is 0.377. The summed E-state index contributed by atoms with van der Waals surface area (Å²) >= 11 is 0. The summed E-state index contributed by atoms with van der Waals surface area (Å²) < 4.78 is 32.9. The van der Waals surface area contributed by atoms with Gasteiger partial charge in [-0.15, -0.1) is 0 Å². The topological polar surface area (TPSA) is 96.0 Å². The normalized spacial score (nSPS) is 20.9. The fourth-order valence-corrected chi connectivity index (χ4v) is 5.55. The Morgan fingerprint density at radius 2 is 1.90 bits per heavy atom. The molecule has 2 fully saturated rings. The predicted octanol–water partition coefficient (Wildman–Crippen LogP) is 2.07. The van der Waals surface area contributed by atoms with Crippen molar-refractivity contribution < 1.29 is 22.7 Å². The van der Waals surface area contributed by atoms with E-state index in [-0.39, 0.29) is 34.9 Å². The van der Waals surface area contributed by atoms with Crippen LogP contribution in [0.15, 0.2) is 23.1 Å². The zero-order chi connectivity index (χ0) is 21.2. The lowest BCUT2D eigenvalue weighted by Crippen LogP contribution is -2.36. The molecular formula is C20H29N3O5S. The number of carbonyl (C=O) groups excluding carboxylic acids is 2. The van der Waals surface area contributed by atoms with E-state index in [4.69, 9.17) is 4.74 Å². The summed E-state index contributed by atoms with van der Waals surface area (Å²) in [6.07, 6.45) is 2.85. The van der Waals surface area contributed by atoms with E-state index < -0.39 is 15.9 Å². The molecule has 0 aromatic heterocycles. The number of sulfonamides is 1. The van der Waals surface area contributed by atoms with Crippen LogP contribution in [0.2, 0.25) is 0 Å². The van der Waals surface area contributed by atoms with Crippen LogP contribution < -0.4 is 10.1 Å². The predicted molar refractivity (Wildman–Crippen MR) is 109 cm³/mol. The Balaban J connectivity index is 1.80. The molecule has 1 N–H and O–H groups in total. The summed E-state index contributed by atoms with van der Waals surface area (Å²) in [6.45, 7) is 5.17. The summed E-state index contributed by atoms with van der Waals surface area (Å²) in [5, 5.41) is 2.77. The van der Waals surface area contributed by atoms with Gasteiger partial charge in [-0.2, -0.15) is 4.31 Å². The number of likely N-dealkylation sites (tertiary alicyclic amines) is 1. The van der Waals surface area contributed by atoms with Gasteiger partial charge in [0.15, 0.2) is 0 Å². The highest BCUT2D eigenvalue weighted by Crippen LogP contribution is 2.31. The zero-order valence-electron chi connectivity index (χ0n) is 17.2. The number of carbonyl (C=O) groups is 2. The monoisotopic (exact) mass is 423 g/mol. The van der Waals surface area contributed by atoms with Crippen LogP contribution in [0.5, 0.6) is 5.75 Å². The van der Waals surface area contributed by atoms with E-state index in [1.165, 1.54) is 17.5 Å². The number of ether oxygens (including phenoxy) is 1. The smallest absolute Gasteiger partial charge is 0.246 e. The average Bonchev–Trinajstić information content (AvgIpc) is 3.11. The molecule has 29 heavy (non-hydrogen) atoms. The maximum absolute atomic E-state index is 13.1. The number of hydrogen-bond acceptors (Lipinski definition) is 5. The number of hydrogen-bond donors (Lipinski definition) is 1. The molecule has 160 valence electrons. The van der Waals surface area contributed by atoms with Gasteiger partial charge in [0.1, 0.15) is 10.6 Å². The lowest BCUT2D eigenvalue weighted by atomic mass is 10.1. The van der Waals surface area contributed by atoms with Crippen LogP contribution in [-0.2, 0) is 19.6 Å². The molecule has 2 aliphatic rings. The third kappa shape index (κ3) is 4.56. The Bertz CT molecular complexity index is 878. The Hall–Kier alpha value is -2.13. The number of amides is 2. The maximum atomic E-state index is 13.1. The number of methoxy groups -OCH3 is 1. The van der Waals surface area contributed by atoms with Gasteiger partial charge in [-0.1, -0.05) is 6.42 Å². The van der Waals surface area contributed by atoms with Crippen molar-refractivity contribution in [2.45, 2.75) is 50.5 Å². The van der Waals surface area contributed by atoms with Gasteiger partial charge in [-0.05, 0) is 44.9 Å². The van der Waals surface area contributed by atoms with E-state index >= 15 is 0 Å². The number of rotatable bonds is 6. The van der Waals surface area contributed by atoms with Gasteiger partial charge in [0.05, 0.1) is 13.0 Å². The van der Waals surface area contributed by atoms with Gasteiger partial charge in [0.25, 0.3) is 0 Å². The van der Waals surface area contributed by atoms with E-state index in [2.05, 4.69) is 5.32 Å². The van der Waals surface area contributed by atoms with Gasteiger partial charge in [0, 0.05) is 37.8 Å². The molecule has 2 heterocycles. The molecule has 1 atom stereocenters. The fraction of sp³-hybridized carbons (Fsp3) is 0.600. The van der Waals surface area contributed by atoms with Crippen LogP contribution >= 0.6 is 0 Å². The number of anilines is 1. The van der Waals surface area contributed by atoms with Crippen LogP contribution in [0, 0.1) is 5.92 Å². The Morgan fingerprint density at radius 1 is 1.21 bits per heavy atom. The third-order valence-corrected chi connectivity index (χ3v) is 7.44. The van der Waals surface area contributed by atoms with Crippen molar-refractivity contribution in [3.63, 3.8) is 0 Å². The van der Waals surface area contributed by atoms with Gasteiger partial charge in [-0.25, -0.2) is 8.42 Å². The van der Waals surface area contributed by atoms with Crippen LogP contribution in [-0.4, -0.2) is 62.2 Å². The number of piperidine rings is 1. The van der Waals surface area contributed by atoms with Crippen molar-refractivity contribution in [1.29, 1.82) is 0 Å². The Morgan fingerprint density at radius 3 is 2.48 bits per heavy atom.